The molecule has 4 N–H and O–H groups in total. The van der Waals surface area contributed by atoms with E-state index in [9.17, 15) is 8.42 Å². The first-order valence-corrected chi connectivity index (χ1v) is 8.40. The van der Waals surface area contributed by atoms with Gasteiger partial charge < -0.3 is 11.1 Å². The zero-order valence-corrected chi connectivity index (χ0v) is 12.9. The Morgan fingerprint density at radius 2 is 2.05 bits per heavy atom. The molecule has 0 aliphatic rings. The summed E-state index contributed by atoms with van der Waals surface area (Å²) in [5.41, 5.74) is 7.82. The summed E-state index contributed by atoms with van der Waals surface area (Å²) in [4.78, 5) is 1.34. The second-order valence-electron chi connectivity index (χ2n) is 4.34. The highest BCUT2D eigenvalue weighted by Gasteiger charge is 2.17. The highest BCUT2D eigenvalue weighted by Crippen LogP contribution is 2.25. The van der Waals surface area contributed by atoms with Gasteiger partial charge in [0.25, 0.3) is 0 Å². The van der Waals surface area contributed by atoms with E-state index in [-0.39, 0.29) is 4.90 Å². The molecule has 1 aromatic carbocycles. The van der Waals surface area contributed by atoms with Gasteiger partial charge >= 0.3 is 0 Å². The number of hydrogen-bond donors (Lipinski definition) is 3. The number of sulfonamides is 1. The monoisotopic (exact) mass is 311 g/mol. The summed E-state index contributed by atoms with van der Waals surface area (Å²) in [7, 11) is -2.16. The minimum atomic E-state index is -3.54. The number of benzene rings is 1. The van der Waals surface area contributed by atoms with Gasteiger partial charge in [-0.2, -0.15) is 0 Å². The van der Waals surface area contributed by atoms with E-state index in [1.165, 1.54) is 23.6 Å². The van der Waals surface area contributed by atoms with Crippen molar-refractivity contribution in [3.63, 3.8) is 0 Å². The molecule has 0 saturated carbocycles. The first-order chi connectivity index (χ1) is 9.44. The van der Waals surface area contributed by atoms with Crippen molar-refractivity contribution in [2.75, 3.05) is 18.1 Å². The first-order valence-electron chi connectivity index (χ1n) is 6.04. The second-order valence-corrected chi connectivity index (χ2v) is 7.20. The molecule has 0 saturated heterocycles. The molecule has 20 heavy (non-hydrogen) atoms. The fraction of sp³-hybridized carbons (Fsp3) is 0.231. The maximum absolute atomic E-state index is 12.0. The van der Waals surface area contributed by atoms with E-state index in [1.807, 2.05) is 18.4 Å². The molecule has 0 radical (unpaired) electrons. The maximum Gasteiger partial charge on any atom is 0.242 e. The molecule has 7 heteroatoms. The Hall–Kier alpha value is -1.57. The van der Waals surface area contributed by atoms with Crippen LogP contribution in [0.25, 0.3) is 0 Å². The molecule has 0 aliphatic heterocycles. The van der Waals surface area contributed by atoms with Crippen LogP contribution in [0.15, 0.2) is 34.5 Å². The van der Waals surface area contributed by atoms with Gasteiger partial charge in [0.15, 0.2) is 0 Å². The molecule has 0 amide bonds. The number of hydrogen-bond acceptors (Lipinski definition) is 5. The molecular weight excluding hydrogens is 294 g/mol. The molecule has 0 bridgehead atoms. The molecule has 0 fully saturated rings. The Balaban J connectivity index is 2.30. The molecular formula is C13H17N3O2S2. The summed E-state index contributed by atoms with van der Waals surface area (Å²) in [5, 5.41) is 5.17. The number of rotatable bonds is 5. The summed E-state index contributed by atoms with van der Waals surface area (Å²) in [6.45, 7) is 2.61. The van der Waals surface area contributed by atoms with Crippen molar-refractivity contribution in [1.82, 2.24) is 4.72 Å². The van der Waals surface area contributed by atoms with Crippen LogP contribution in [0, 0.1) is 6.92 Å². The molecule has 0 atom stereocenters. The third kappa shape index (κ3) is 3.12. The van der Waals surface area contributed by atoms with E-state index >= 15 is 0 Å². The lowest BCUT2D eigenvalue weighted by Gasteiger charge is -2.12. The van der Waals surface area contributed by atoms with Crippen molar-refractivity contribution in [3.8, 4) is 0 Å². The number of nitrogens with one attached hydrogen (secondary N) is 2. The maximum atomic E-state index is 12.0. The van der Waals surface area contributed by atoms with E-state index in [0.717, 1.165) is 0 Å². The Morgan fingerprint density at radius 3 is 2.65 bits per heavy atom. The number of nitrogens with two attached hydrogens (primary N) is 1. The summed E-state index contributed by atoms with van der Waals surface area (Å²) < 4.78 is 26.3. The van der Waals surface area contributed by atoms with E-state index in [2.05, 4.69) is 10.0 Å². The molecule has 0 aliphatic carbocycles. The minimum Gasteiger partial charge on any atom is -0.399 e. The van der Waals surface area contributed by atoms with Gasteiger partial charge in [0, 0.05) is 17.1 Å². The number of anilines is 2. The van der Waals surface area contributed by atoms with Crippen LogP contribution in [0.4, 0.5) is 11.4 Å². The third-order valence-corrected chi connectivity index (χ3v) is 5.45. The predicted octanol–water partition coefficient (Wildman–Crippen LogP) is 2.16. The largest absolute Gasteiger partial charge is 0.399 e. The Labute approximate surface area is 122 Å². The molecule has 1 aromatic heterocycles. The fourth-order valence-corrected chi connectivity index (χ4v) is 3.56. The lowest BCUT2D eigenvalue weighted by atomic mass is 10.2. The fourth-order valence-electron chi connectivity index (χ4n) is 1.78. The van der Waals surface area contributed by atoms with Crippen molar-refractivity contribution in [2.45, 2.75) is 18.4 Å². The Morgan fingerprint density at radius 1 is 1.30 bits per heavy atom. The smallest absolute Gasteiger partial charge is 0.242 e. The van der Waals surface area contributed by atoms with Crippen molar-refractivity contribution in [1.29, 1.82) is 0 Å². The Kier molecular flexibility index (Phi) is 4.32. The van der Waals surface area contributed by atoms with Crippen LogP contribution in [-0.4, -0.2) is 15.5 Å². The molecule has 108 valence electrons. The molecule has 5 nitrogen and oxygen atoms in total. The average molecular weight is 311 g/mol. The van der Waals surface area contributed by atoms with E-state index < -0.39 is 10.0 Å². The van der Waals surface area contributed by atoms with E-state index in [4.69, 9.17) is 5.73 Å². The zero-order chi connectivity index (χ0) is 14.8. The normalized spacial score (nSPS) is 11.5. The number of thiophene rings is 1. The quantitative estimate of drug-likeness (QED) is 0.739. The van der Waals surface area contributed by atoms with Gasteiger partial charge in [0.2, 0.25) is 10.0 Å². The highest BCUT2D eigenvalue weighted by atomic mass is 32.2. The minimum absolute atomic E-state index is 0.161. The molecule has 2 rings (SSSR count). The van der Waals surface area contributed by atoms with Crippen LogP contribution in [0.1, 0.15) is 10.4 Å². The van der Waals surface area contributed by atoms with Crippen LogP contribution in [-0.2, 0) is 16.6 Å². The number of nitrogen functional groups attached to an aromatic ring is 1. The molecule has 0 unspecified atom stereocenters. The van der Waals surface area contributed by atoms with Gasteiger partial charge in [-0.05, 0) is 49.2 Å². The van der Waals surface area contributed by atoms with Crippen LogP contribution in [0.3, 0.4) is 0 Å². The summed E-state index contributed by atoms with van der Waals surface area (Å²) >= 11 is 1.64. The average Bonchev–Trinajstić information content (AvgIpc) is 2.83. The summed E-state index contributed by atoms with van der Waals surface area (Å²) in [6.07, 6.45) is 0. The van der Waals surface area contributed by atoms with Gasteiger partial charge in [0.05, 0.1) is 5.69 Å². The molecule has 1 heterocycles. The van der Waals surface area contributed by atoms with Crippen LogP contribution in [0.2, 0.25) is 0 Å². The second kappa shape index (κ2) is 5.82. The van der Waals surface area contributed by atoms with Gasteiger partial charge in [-0.25, -0.2) is 13.1 Å². The predicted molar refractivity (Wildman–Crippen MR) is 83.5 cm³/mol. The van der Waals surface area contributed by atoms with Gasteiger partial charge in [-0.15, -0.1) is 11.3 Å². The van der Waals surface area contributed by atoms with E-state index in [1.54, 1.807) is 23.5 Å². The molecule has 2 aromatic rings. The topological polar surface area (TPSA) is 84.2 Å². The van der Waals surface area contributed by atoms with Crippen LogP contribution >= 0.6 is 11.3 Å². The highest BCUT2D eigenvalue weighted by molar-refractivity contribution is 7.89. The lowest BCUT2D eigenvalue weighted by Crippen LogP contribution is -2.20. The first kappa shape index (κ1) is 14.8. The van der Waals surface area contributed by atoms with Gasteiger partial charge in [-0.1, -0.05) is 0 Å². The van der Waals surface area contributed by atoms with Crippen LogP contribution < -0.4 is 15.8 Å². The number of aryl methyl sites for hydroxylation is 1. The summed E-state index contributed by atoms with van der Waals surface area (Å²) in [6, 6.07) is 6.85. The summed E-state index contributed by atoms with van der Waals surface area (Å²) in [5.74, 6) is 0. The standard InChI is InChI=1S/C13H17N3O2S2/c1-9-5-6-19-12(9)8-16-11-4-3-10(14)7-13(11)20(17,18)15-2/h3-7,15-16H,8,14H2,1-2H3. The zero-order valence-electron chi connectivity index (χ0n) is 11.3. The third-order valence-electron chi connectivity index (χ3n) is 2.97. The van der Waals surface area contributed by atoms with Gasteiger partial charge in [0.1, 0.15) is 4.90 Å². The van der Waals surface area contributed by atoms with Crippen LogP contribution in [0.5, 0.6) is 0 Å². The Bertz CT molecular complexity index is 708. The molecule has 0 spiro atoms. The SMILES string of the molecule is CNS(=O)(=O)c1cc(N)ccc1NCc1sccc1C. The van der Waals surface area contributed by atoms with Crippen molar-refractivity contribution < 1.29 is 8.42 Å². The van der Waals surface area contributed by atoms with Gasteiger partial charge in [-0.3, -0.25) is 0 Å². The van der Waals surface area contributed by atoms with Crippen molar-refractivity contribution in [2.24, 2.45) is 0 Å². The van der Waals surface area contributed by atoms with E-state index in [0.29, 0.717) is 17.9 Å². The lowest BCUT2D eigenvalue weighted by molar-refractivity contribution is 0.588. The van der Waals surface area contributed by atoms with Crippen molar-refractivity contribution in [3.05, 3.63) is 40.1 Å². The van der Waals surface area contributed by atoms with Crippen molar-refractivity contribution >= 4 is 32.7 Å².